The van der Waals surface area contributed by atoms with Gasteiger partial charge in [0.25, 0.3) is 11.8 Å². The van der Waals surface area contributed by atoms with Gasteiger partial charge in [0.2, 0.25) is 5.95 Å². The second-order valence-corrected chi connectivity index (χ2v) is 11.0. The van der Waals surface area contributed by atoms with E-state index in [0.717, 1.165) is 82.7 Å². The van der Waals surface area contributed by atoms with E-state index in [1.54, 1.807) is 12.4 Å². The van der Waals surface area contributed by atoms with Crippen LogP contribution in [-0.4, -0.2) is 66.1 Å². The number of ether oxygens (including phenoxy) is 1. The van der Waals surface area contributed by atoms with Crippen LogP contribution in [0.5, 0.6) is 0 Å². The summed E-state index contributed by atoms with van der Waals surface area (Å²) in [7, 11) is 0. The number of nitrogens with one attached hydrogen (secondary N) is 2. The zero-order chi connectivity index (χ0) is 27.2. The largest absolute Gasteiger partial charge is 0.379 e. The number of amides is 2. The Morgan fingerprint density at radius 3 is 2.41 bits per heavy atom. The van der Waals surface area contributed by atoms with Crippen LogP contribution in [0.2, 0.25) is 0 Å². The summed E-state index contributed by atoms with van der Waals surface area (Å²) in [5.41, 5.74) is 3.79. The summed E-state index contributed by atoms with van der Waals surface area (Å²) < 4.78 is 5.45. The zero-order valence-electron chi connectivity index (χ0n) is 23.5. The SMILES string of the molecule is CCN(CC)c1ncc(NC(=O)c2c(NC(=O)c3cccc(CN4CCOCC4)c3)sc3c2CCCC3)cn1.Cl.Cl. The third-order valence-corrected chi connectivity index (χ3v) is 8.47. The minimum Gasteiger partial charge on any atom is -0.379 e. The summed E-state index contributed by atoms with van der Waals surface area (Å²) in [6.45, 7) is 9.75. The third kappa shape index (κ3) is 7.96. The average Bonchev–Trinajstić information content (AvgIpc) is 3.33. The van der Waals surface area contributed by atoms with Gasteiger partial charge in [-0.15, -0.1) is 36.2 Å². The van der Waals surface area contributed by atoms with Crippen molar-refractivity contribution in [1.82, 2.24) is 14.9 Å². The minimum absolute atomic E-state index is 0. The quantitative estimate of drug-likeness (QED) is 0.328. The highest BCUT2D eigenvalue weighted by atomic mass is 35.5. The maximum absolute atomic E-state index is 13.6. The van der Waals surface area contributed by atoms with Crippen molar-refractivity contribution in [1.29, 1.82) is 0 Å². The number of thiophene rings is 1. The first-order valence-electron chi connectivity index (χ1n) is 13.8. The fourth-order valence-electron chi connectivity index (χ4n) is 5.15. The Hall–Kier alpha value is -2.76. The van der Waals surface area contributed by atoms with E-state index in [4.69, 9.17) is 4.74 Å². The van der Waals surface area contributed by atoms with E-state index in [-0.39, 0.29) is 36.6 Å². The Bertz CT molecular complexity index is 1310. The molecule has 1 fully saturated rings. The number of hydrogen-bond donors (Lipinski definition) is 2. The number of benzene rings is 1. The Morgan fingerprint density at radius 1 is 1.00 bits per heavy atom. The predicted molar refractivity (Wildman–Crippen MR) is 169 cm³/mol. The highest BCUT2D eigenvalue weighted by molar-refractivity contribution is 7.17. The number of fused-ring (bicyclic) bond motifs is 1. The highest BCUT2D eigenvalue weighted by Gasteiger charge is 2.27. The number of hydrogen-bond acceptors (Lipinski definition) is 8. The molecule has 0 unspecified atom stereocenters. The number of carbonyl (C=O) groups is 2. The molecule has 12 heteroatoms. The molecule has 1 saturated heterocycles. The predicted octanol–water partition coefficient (Wildman–Crippen LogP) is 5.44. The number of anilines is 3. The van der Waals surface area contributed by atoms with Gasteiger partial charge in [-0.25, -0.2) is 9.97 Å². The van der Waals surface area contributed by atoms with Crippen LogP contribution in [-0.2, 0) is 24.1 Å². The molecule has 1 aliphatic carbocycles. The molecule has 0 atom stereocenters. The van der Waals surface area contributed by atoms with E-state index in [1.165, 1.54) is 16.2 Å². The van der Waals surface area contributed by atoms with Crippen LogP contribution < -0.4 is 15.5 Å². The lowest BCUT2D eigenvalue weighted by Crippen LogP contribution is -2.35. The molecule has 3 heterocycles. The monoisotopic (exact) mass is 620 g/mol. The van der Waals surface area contributed by atoms with Crippen molar-refractivity contribution in [3.8, 4) is 0 Å². The molecule has 41 heavy (non-hydrogen) atoms. The topological polar surface area (TPSA) is 99.7 Å². The zero-order valence-corrected chi connectivity index (χ0v) is 25.9. The fourth-order valence-corrected chi connectivity index (χ4v) is 6.43. The molecule has 1 aliphatic heterocycles. The smallest absolute Gasteiger partial charge is 0.259 e. The van der Waals surface area contributed by atoms with Crippen molar-refractivity contribution < 1.29 is 14.3 Å². The van der Waals surface area contributed by atoms with Crippen LogP contribution in [0, 0.1) is 0 Å². The Balaban J connectivity index is 0.00000231. The average molecular weight is 622 g/mol. The standard InChI is InChI=1S/C29H36N6O3S.2ClH/c1-3-35(4-2)29-30-17-22(18-31-29)32-27(37)25-23-10-5-6-11-24(23)39-28(25)33-26(36)21-9-7-8-20(16-21)19-34-12-14-38-15-13-34;;/h7-9,16-18H,3-6,10-15,19H2,1-2H3,(H,32,37)(H,33,36);2*1H. The number of carbonyl (C=O) groups excluding carboxylic acids is 2. The van der Waals surface area contributed by atoms with Gasteiger partial charge in [-0.1, -0.05) is 12.1 Å². The molecule has 9 nitrogen and oxygen atoms in total. The van der Waals surface area contributed by atoms with Crippen LogP contribution in [0.4, 0.5) is 16.6 Å². The highest BCUT2D eigenvalue weighted by Crippen LogP contribution is 2.39. The lowest BCUT2D eigenvalue weighted by atomic mass is 9.95. The van der Waals surface area contributed by atoms with Gasteiger partial charge < -0.3 is 20.3 Å². The van der Waals surface area contributed by atoms with Gasteiger partial charge in [0.1, 0.15) is 5.00 Å². The normalized spacial score (nSPS) is 14.7. The molecule has 3 aromatic rings. The van der Waals surface area contributed by atoms with Crippen LogP contribution in [0.1, 0.15) is 63.4 Å². The molecule has 0 spiro atoms. The van der Waals surface area contributed by atoms with Crippen LogP contribution in [0.25, 0.3) is 0 Å². The van der Waals surface area contributed by atoms with E-state index in [2.05, 4.69) is 39.3 Å². The van der Waals surface area contributed by atoms with E-state index in [1.807, 2.05) is 29.2 Å². The lowest BCUT2D eigenvalue weighted by molar-refractivity contribution is 0.0342. The molecule has 222 valence electrons. The van der Waals surface area contributed by atoms with Crippen molar-refractivity contribution in [2.45, 2.75) is 46.1 Å². The first kappa shape index (κ1) is 32.8. The number of aryl methyl sites for hydroxylation is 1. The molecule has 5 rings (SSSR count). The number of nitrogens with zero attached hydrogens (tertiary/aromatic N) is 4. The number of halogens is 2. The van der Waals surface area contributed by atoms with Crippen LogP contribution >= 0.6 is 36.2 Å². The summed E-state index contributed by atoms with van der Waals surface area (Å²) in [6, 6.07) is 7.72. The molecule has 2 aliphatic rings. The van der Waals surface area contributed by atoms with E-state index < -0.39 is 0 Å². The Morgan fingerprint density at radius 2 is 1.71 bits per heavy atom. The van der Waals surface area contributed by atoms with Gasteiger partial charge in [-0.2, -0.15) is 0 Å². The van der Waals surface area contributed by atoms with Gasteiger partial charge in [0.15, 0.2) is 0 Å². The molecule has 2 aromatic heterocycles. The second-order valence-electron chi connectivity index (χ2n) is 9.86. The summed E-state index contributed by atoms with van der Waals surface area (Å²) >= 11 is 1.52. The third-order valence-electron chi connectivity index (χ3n) is 7.27. The summed E-state index contributed by atoms with van der Waals surface area (Å²) in [5.74, 6) is 0.179. The molecule has 1 aromatic carbocycles. The lowest BCUT2D eigenvalue weighted by Gasteiger charge is -2.26. The first-order valence-corrected chi connectivity index (χ1v) is 14.6. The molecule has 0 bridgehead atoms. The van der Waals surface area contributed by atoms with E-state index in [0.29, 0.717) is 27.8 Å². The minimum atomic E-state index is -0.245. The van der Waals surface area contributed by atoms with Gasteiger partial charge in [0.05, 0.1) is 36.9 Å². The summed E-state index contributed by atoms with van der Waals surface area (Å²) in [5, 5.41) is 6.63. The number of morpholine rings is 1. The van der Waals surface area contributed by atoms with E-state index in [9.17, 15) is 9.59 Å². The molecule has 0 saturated carbocycles. The number of rotatable bonds is 9. The maximum atomic E-state index is 13.6. The summed E-state index contributed by atoms with van der Waals surface area (Å²) in [4.78, 5) is 41.3. The van der Waals surface area contributed by atoms with Gasteiger partial charge in [-0.3, -0.25) is 14.5 Å². The second kappa shape index (κ2) is 15.5. The Kier molecular flexibility index (Phi) is 12.4. The van der Waals surface area contributed by atoms with Crippen molar-refractivity contribution in [3.63, 3.8) is 0 Å². The fraction of sp³-hybridized carbons (Fsp3) is 0.448. The molecule has 2 N–H and O–H groups in total. The maximum Gasteiger partial charge on any atom is 0.259 e. The van der Waals surface area contributed by atoms with Crippen molar-refractivity contribution >= 4 is 64.6 Å². The first-order chi connectivity index (χ1) is 19.1. The molecular formula is C29H38Cl2N6O3S. The van der Waals surface area contributed by atoms with Gasteiger partial charge >= 0.3 is 0 Å². The summed E-state index contributed by atoms with van der Waals surface area (Å²) in [6.07, 6.45) is 7.14. The number of aromatic nitrogens is 2. The molecular weight excluding hydrogens is 583 g/mol. The van der Waals surface area contributed by atoms with Crippen molar-refractivity contribution in [2.75, 3.05) is 54.9 Å². The van der Waals surface area contributed by atoms with Gasteiger partial charge in [0, 0.05) is 43.2 Å². The van der Waals surface area contributed by atoms with Gasteiger partial charge in [-0.05, 0) is 62.8 Å². The molecule has 0 radical (unpaired) electrons. The van der Waals surface area contributed by atoms with Crippen molar-refractivity contribution in [3.05, 3.63) is 63.8 Å². The van der Waals surface area contributed by atoms with E-state index >= 15 is 0 Å². The van der Waals surface area contributed by atoms with Crippen LogP contribution in [0.15, 0.2) is 36.7 Å². The van der Waals surface area contributed by atoms with Crippen LogP contribution in [0.3, 0.4) is 0 Å². The van der Waals surface area contributed by atoms with Crippen molar-refractivity contribution in [2.24, 2.45) is 0 Å². The molecule has 2 amide bonds. The Labute approximate surface area is 257 Å².